The van der Waals surface area contributed by atoms with Gasteiger partial charge in [-0.15, -0.1) is 0 Å². The van der Waals surface area contributed by atoms with E-state index in [9.17, 15) is 14.7 Å². The third-order valence-corrected chi connectivity index (χ3v) is 3.49. The van der Waals surface area contributed by atoms with Crippen LogP contribution >= 0.6 is 11.8 Å². The molecule has 1 atom stereocenters. The predicted molar refractivity (Wildman–Crippen MR) is 82.8 cm³/mol. The normalized spacial score (nSPS) is 11.7. The monoisotopic (exact) mass is 312 g/mol. The van der Waals surface area contributed by atoms with Gasteiger partial charge in [0.05, 0.1) is 0 Å². The average molecular weight is 312 g/mol. The second kappa shape index (κ2) is 9.12. The Morgan fingerprint density at radius 2 is 1.95 bits per heavy atom. The molecule has 1 aromatic rings. The van der Waals surface area contributed by atoms with Crippen molar-refractivity contribution in [3.63, 3.8) is 0 Å². The molecule has 2 amide bonds. The van der Waals surface area contributed by atoms with Crippen LogP contribution in [0.4, 0.5) is 4.79 Å². The van der Waals surface area contributed by atoms with Crippen LogP contribution in [0.25, 0.3) is 0 Å². The fourth-order valence-corrected chi connectivity index (χ4v) is 2.13. The number of hydrogen-bond acceptors (Lipinski definition) is 4. The van der Waals surface area contributed by atoms with Gasteiger partial charge in [0.2, 0.25) is 0 Å². The number of carboxylic acids is 1. The summed E-state index contributed by atoms with van der Waals surface area (Å²) >= 11 is 1.69. The summed E-state index contributed by atoms with van der Waals surface area (Å²) in [7, 11) is 0. The first-order valence-electron chi connectivity index (χ1n) is 6.57. The van der Waals surface area contributed by atoms with Gasteiger partial charge in [0.25, 0.3) is 0 Å². The van der Waals surface area contributed by atoms with E-state index < -0.39 is 18.0 Å². The van der Waals surface area contributed by atoms with E-state index in [4.69, 9.17) is 5.11 Å². The minimum absolute atomic E-state index is 0.116. The Balaban J connectivity index is 2.48. The summed E-state index contributed by atoms with van der Waals surface area (Å²) in [6.07, 6.45) is 2.98. The van der Waals surface area contributed by atoms with Crippen LogP contribution in [0.3, 0.4) is 0 Å². The number of hydrogen-bond donors (Lipinski definition) is 4. The molecule has 0 saturated heterocycles. The molecule has 0 aliphatic carbocycles. The van der Waals surface area contributed by atoms with Crippen LogP contribution in [0.1, 0.15) is 12.0 Å². The number of carboxylic acid groups (broad SMARTS) is 1. The number of aliphatic carboxylic acids is 1. The molecule has 0 aliphatic rings. The number of amides is 2. The Hall–Kier alpha value is -1.89. The molecule has 4 N–H and O–H groups in total. The Morgan fingerprint density at radius 3 is 2.52 bits per heavy atom. The van der Waals surface area contributed by atoms with Gasteiger partial charge in [-0.25, -0.2) is 9.59 Å². The maximum Gasteiger partial charge on any atom is 0.326 e. The van der Waals surface area contributed by atoms with Crippen molar-refractivity contribution in [2.24, 2.45) is 0 Å². The molecule has 0 bridgehead atoms. The van der Waals surface area contributed by atoms with E-state index in [1.165, 1.54) is 12.1 Å². The predicted octanol–water partition coefficient (Wildman–Crippen LogP) is 1.44. The van der Waals surface area contributed by atoms with Gasteiger partial charge in [-0.3, -0.25) is 0 Å². The van der Waals surface area contributed by atoms with Crippen LogP contribution in [0, 0.1) is 0 Å². The largest absolute Gasteiger partial charge is 0.508 e. The third-order valence-electron chi connectivity index (χ3n) is 2.79. The van der Waals surface area contributed by atoms with Crippen LogP contribution in [-0.2, 0) is 11.2 Å². The van der Waals surface area contributed by atoms with Crippen molar-refractivity contribution in [1.82, 2.24) is 10.6 Å². The summed E-state index contributed by atoms with van der Waals surface area (Å²) in [6, 6.07) is 4.73. The average Bonchev–Trinajstić information content (AvgIpc) is 2.45. The molecular formula is C14H20N2O4S. The molecule has 1 rings (SSSR count). The minimum atomic E-state index is -1.10. The molecule has 21 heavy (non-hydrogen) atoms. The Bertz CT molecular complexity index is 465. The van der Waals surface area contributed by atoms with Crippen molar-refractivity contribution in [3.05, 3.63) is 29.8 Å². The van der Waals surface area contributed by atoms with Crippen LogP contribution in [0.5, 0.6) is 5.75 Å². The van der Waals surface area contributed by atoms with E-state index in [2.05, 4.69) is 10.6 Å². The zero-order chi connectivity index (χ0) is 15.7. The molecule has 116 valence electrons. The molecule has 0 spiro atoms. The second-order valence-electron chi connectivity index (χ2n) is 4.51. The number of phenols is 1. The van der Waals surface area contributed by atoms with E-state index in [0.29, 0.717) is 6.54 Å². The highest BCUT2D eigenvalue weighted by molar-refractivity contribution is 7.98. The lowest BCUT2D eigenvalue weighted by Gasteiger charge is -2.15. The van der Waals surface area contributed by atoms with Crippen LogP contribution in [0.2, 0.25) is 0 Å². The molecule has 0 saturated carbocycles. The zero-order valence-corrected chi connectivity index (χ0v) is 12.7. The Kier molecular flexibility index (Phi) is 7.45. The van der Waals surface area contributed by atoms with Gasteiger partial charge in [0, 0.05) is 13.0 Å². The van der Waals surface area contributed by atoms with Crippen molar-refractivity contribution in [1.29, 1.82) is 0 Å². The van der Waals surface area contributed by atoms with E-state index in [0.717, 1.165) is 17.7 Å². The second-order valence-corrected chi connectivity index (χ2v) is 5.49. The molecule has 0 aromatic heterocycles. The Morgan fingerprint density at radius 1 is 1.29 bits per heavy atom. The molecule has 0 radical (unpaired) electrons. The highest BCUT2D eigenvalue weighted by Gasteiger charge is 2.20. The Labute approximate surface area is 127 Å². The number of phenolic OH excluding ortho intramolecular Hbond substituents is 1. The smallest absolute Gasteiger partial charge is 0.326 e. The molecule has 0 heterocycles. The van der Waals surface area contributed by atoms with Crippen LogP contribution in [-0.4, -0.2) is 46.8 Å². The number of carbonyl (C=O) groups excluding carboxylic acids is 1. The third kappa shape index (κ3) is 6.89. The highest BCUT2D eigenvalue weighted by Crippen LogP contribution is 2.11. The number of nitrogens with one attached hydrogen (secondary N) is 2. The van der Waals surface area contributed by atoms with Gasteiger partial charge in [0.15, 0.2) is 0 Å². The van der Waals surface area contributed by atoms with Gasteiger partial charge < -0.3 is 20.8 Å². The molecule has 0 aliphatic heterocycles. The first-order chi connectivity index (χ1) is 10.0. The quantitative estimate of drug-likeness (QED) is 0.544. The van der Waals surface area contributed by atoms with E-state index in [1.807, 2.05) is 6.26 Å². The van der Waals surface area contributed by atoms with Crippen LogP contribution in [0.15, 0.2) is 24.3 Å². The van der Waals surface area contributed by atoms with E-state index in [1.54, 1.807) is 23.9 Å². The van der Waals surface area contributed by atoms with Crippen molar-refractivity contribution >= 4 is 23.8 Å². The lowest BCUT2D eigenvalue weighted by molar-refractivity contribution is -0.139. The fraction of sp³-hybridized carbons (Fsp3) is 0.429. The molecular weight excluding hydrogens is 292 g/mol. The summed E-state index contributed by atoms with van der Waals surface area (Å²) < 4.78 is 0. The topological polar surface area (TPSA) is 98.7 Å². The lowest BCUT2D eigenvalue weighted by atomic mass is 10.1. The molecule has 0 fully saturated rings. The number of aromatic hydroxyl groups is 1. The lowest BCUT2D eigenvalue weighted by Crippen LogP contribution is -2.47. The first kappa shape index (κ1) is 17.2. The number of urea groups is 1. The molecule has 6 nitrogen and oxygen atoms in total. The number of rotatable bonds is 8. The summed E-state index contributed by atoms with van der Waals surface area (Å²) in [5.74, 6) is -0.0386. The van der Waals surface area contributed by atoms with Crippen molar-refractivity contribution in [3.8, 4) is 5.75 Å². The maximum atomic E-state index is 11.6. The van der Waals surface area contributed by atoms with Crippen molar-refractivity contribution in [2.75, 3.05) is 18.6 Å². The number of benzene rings is 1. The van der Waals surface area contributed by atoms with Gasteiger partial charge in [0.1, 0.15) is 11.8 Å². The molecule has 1 aromatic carbocycles. The number of thioether (sulfide) groups is 1. The highest BCUT2D eigenvalue weighted by atomic mass is 32.2. The summed E-state index contributed by atoms with van der Waals surface area (Å²) in [4.78, 5) is 22.8. The summed E-state index contributed by atoms with van der Waals surface area (Å²) in [5, 5.41) is 23.4. The first-order valence-corrected chi connectivity index (χ1v) is 7.96. The standard InChI is InChI=1S/C14H20N2O4S/c1-21-8-2-7-15-14(20)16-12(13(18)19)9-10-3-5-11(17)6-4-10/h3-6,12,17H,2,7-9H2,1H3,(H,18,19)(H2,15,16,20)/t12-/m0/s1. The van der Waals surface area contributed by atoms with Crippen molar-refractivity contribution < 1.29 is 19.8 Å². The van der Waals surface area contributed by atoms with Gasteiger partial charge in [-0.1, -0.05) is 12.1 Å². The number of carbonyl (C=O) groups is 2. The molecule has 0 unspecified atom stereocenters. The van der Waals surface area contributed by atoms with Gasteiger partial charge >= 0.3 is 12.0 Å². The minimum Gasteiger partial charge on any atom is -0.508 e. The summed E-state index contributed by atoms with van der Waals surface area (Å²) in [5.41, 5.74) is 0.725. The van der Waals surface area contributed by atoms with Crippen molar-refractivity contribution in [2.45, 2.75) is 18.9 Å². The van der Waals surface area contributed by atoms with E-state index >= 15 is 0 Å². The fourth-order valence-electron chi connectivity index (χ4n) is 1.70. The maximum absolute atomic E-state index is 11.6. The van der Waals surface area contributed by atoms with Gasteiger partial charge in [-0.2, -0.15) is 11.8 Å². The summed E-state index contributed by atoms with van der Waals surface area (Å²) in [6.45, 7) is 0.512. The zero-order valence-electron chi connectivity index (χ0n) is 11.8. The van der Waals surface area contributed by atoms with E-state index in [-0.39, 0.29) is 12.2 Å². The van der Waals surface area contributed by atoms with Gasteiger partial charge in [-0.05, 0) is 36.1 Å². The van der Waals surface area contributed by atoms with Crippen LogP contribution < -0.4 is 10.6 Å². The SMILES string of the molecule is CSCCCNC(=O)N[C@@H](Cc1ccc(O)cc1)C(=O)O. The molecule has 7 heteroatoms.